The van der Waals surface area contributed by atoms with E-state index >= 15 is 0 Å². The number of nitrogens with one attached hydrogen (secondary N) is 2. The van der Waals surface area contributed by atoms with Crippen LogP contribution in [0, 0.1) is 0 Å². The van der Waals surface area contributed by atoms with E-state index in [1.54, 1.807) is 47.6 Å². The van der Waals surface area contributed by atoms with E-state index < -0.39 is 23.4 Å². The number of hydrogen-bond acceptors (Lipinski definition) is 6. The van der Waals surface area contributed by atoms with Gasteiger partial charge in [-0.25, -0.2) is 19.6 Å². The molecule has 1 heterocycles. The molecule has 0 aliphatic heterocycles. The van der Waals surface area contributed by atoms with Crippen LogP contribution in [0.2, 0.25) is 0 Å². The summed E-state index contributed by atoms with van der Waals surface area (Å²) in [5, 5.41) is 4.97. The highest BCUT2D eigenvalue weighted by atomic mass is 16.6. The largest absolute Gasteiger partial charge is 0.444 e. The zero-order valence-corrected chi connectivity index (χ0v) is 15.6. The van der Waals surface area contributed by atoms with Crippen molar-refractivity contribution in [3.8, 4) is 0 Å². The fourth-order valence-corrected chi connectivity index (χ4v) is 1.65. The molecule has 138 valence electrons. The van der Waals surface area contributed by atoms with Gasteiger partial charge in [0.25, 0.3) is 0 Å². The maximum absolute atomic E-state index is 12.0. The van der Waals surface area contributed by atoms with Crippen molar-refractivity contribution in [2.75, 3.05) is 10.6 Å². The summed E-state index contributed by atoms with van der Waals surface area (Å²) in [6, 6.07) is 0. The number of aromatic nitrogens is 2. The monoisotopic (exact) mass is 350 g/mol. The Morgan fingerprint density at radius 2 is 1.52 bits per heavy atom. The molecule has 2 N–H and O–H groups in total. The summed E-state index contributed by atoms with van der Waals surface area (Å²) in [5.74, 6) is 0.132. The Kier molecular flexibility index (Phi) is 6.49. The quantitative estimate of drug-likeness (QED) is 0.798. The Bertz CT molecular complexity index is 645. The van der Waals surface area contributed by atoms with Crippen LogP contribution in [0.3, 0.4) is 0 Å². The molecule has 8 nitrogen and oxygen atoms in total. The van der Waals surface area contributed by atoms with Crippen LogP contribution in [0.4, 0.5) is 21.2 Å². The van der Waals surface area contributed by atoms with Crippen LogP contribution in [0.5, 0.6) is 0 Å². The summed E-state index contributed by atoms with van der Waals surface area (Å²) in [6.45, 7) is 14.1. The molecule has 0 saturated heterocycles. The van der Waals surface area contributed by atoms with Gasteiger partial charge in [0.1, 0.15) is 11.2 Å². The lowest BCUT2D eigenvalue weighted by Crippen LogP contribution is -2.30. The molecule has 1 aromatic rings. The van der Waals surface area contributed by atoms with Gasteiger partial charge in [-0.3, -0.25) is 10.6 Å². The van der Waals surface area contributed by atoms with Gasteiger partial charge in [0.05, 0.1) is 11.9 Å². The lowest BCUT2D eigenvalue weighted by atomic mass is 10.2. The van der Waals surface area contributed by atoms with Gasteiger partial charge in [-0.1, -0.05) is 6.08 Å². The third-order valence-corrected chi connectivity index (χ3v) is 2.41. The van der Waals surface area contributed by atoms with Gasteiger partial charge in [-0.2, -0.15) is 0 Å². The lowest BCUT2D eigenvalue weighted by Gasteiger charge is -2.21. The van der Waals surface area contributed by atoms with Crippen LogP contribution >= 0.6 is 0 Å². The van der Waals surface area contributed by atoms with Gasteiger partial charge in [0.15, 0.2) is 11.6 Å². The lowest BCUT2D eigenvalue weighted by molar-refractivity contribution is 0.0619. The van der Waals surface area contributed by atoms with Gasteiger partial charge in [0, 0.05) is 6.42 Å². The second-order valence-electron chi connectivity index (χ2n) is 7.31. The summed E-state index contributed by atoms with van der Waals surface area (Å²) in [7, 11) is 0. The van der Waals surface area contributed by atoms with Crippen LogP contribution in [0.25, 0.3) is 0 Å². The molecule has 1 rings (SSSR count). The highest BCUT2D eigenvalue weighted by Gasteiger charge is 2.21. The van der Waals surface area contributed by atoms with Crippen molar-refractivity contribution in [2.24, 2.45) is 0 Å². The maximum atomic E-state index is 12.0. The average Bonchev–Trinajstić information content (AvgIpc) is 2.37. The first-order valence-corrected chi connectivity index (χ1v) is 7.86. The van der Waals surface area contributed by atoms with E-state index in [0.29, 0.717) is 12.1 Å². The minimum Gasteiger partial charge on any atom is -0.444 e. The Hall–Kier alpha value is -2.64. The predicted octanol–water partition coefficient (Wildman–Crippen LogP) is 3.90. The summed E-state index contributed by atoms with van der Waals surface area (Å²) >= 11 is 0. The van der Waals surface area contributed by atoms with E-state index in [2.05, 4.69) is 27.2 Å². The third-order valence-electron chi connectivity index (χ3n) is 2.41. The molecule has 0 radical (unpaired) electrons. The number of carbonyl (C=O) groups excluding carboxylic acids is 2. The number of hydrogen-bond donors (Lipinski definition) is 2. The van der Waals surface area contributed by atoms with Crippen LogP contribution in [0.1, 0.15) is 47.2 Å². The van der Waals surface area contributed by atoms with E-state index in [-0.39, 0.29) is 11.6 Å². The van der Waals surface area contributed by atoms with E-state index in [9.17, 15) is 9.59 Å². The zero-order chi connectivity index (χ0) is 19.3. The minimum absolute atomic E-state index is 0.0629. The molecule has 0 spiro atoms. The number of carbonyl (C=O) groups is 2. The molecule has 0 bridgehead atoms. The van der Waals surface area contributed by atoms with Crippen molar-refractivity contribution in [3.63, 3.8) is 0 Å². The van der Waals surface area contributed by atoms with E-state index in [4.69, 9.17) is 9.47 Å². The molecule has 0 unspecified atom stereocenters. The Morgan fingerprint density at radius 3 is 1.96 bits per heavy atom. The van der Waals surface area contributed by atoms with Gasteiger partial charge in [-0.15, -0.1) is 6.58 Å². The fraction of sp³-hybridized carbons (Fsp3) is 0.529. The van der Waals surface area contributed by atoms with Crippen molar-refractivity contribution in [2.45, 2.75) is 59.2 Å². The van der Waals surface area contributed by atoms with Gasteiger partial charge >= 0.3 is 12.2 Å². The minimum atomic E-state index is -0.704. The summed E-state index contributed by atoms with van der Waals surface area (Å²) < 4.78 is 10.4. The molecule has 2 amide bonds. The topological polar surface area (TPSA) is 102 Å². The molecule has 0 aliphatic carbocycles. The summed E-state index contributed by atoms with van der Waals surface area (Å²) in [4.78, 5) is 32.3. The van der Waals surface area contributed by atoms with Gasteiger partial charge < -0.3 is 9.47 Å². The first-order valence-electron chi connectivity index (χ1n) is 7.86. The van der Waals surface area contributed by atoms with Crippen molar-refractivity contribution in [1.29, 1.82) is 0 Å². The number of ether oxygens (including phenoxy) is 2. The molecule has 0 saturated carbocycles. The zero-order valence-electron chi connectivity index (χ0n) is 15.6. The molecule has 1 aromatic heterocycles. The average molecular weight is 350 g/mol. The maximum Gasteiger partial charge on any atom is 0.413 e. The molecule has 0 aliphatic rings. The van der Waals surface area contributed by atoms with E-state index in [1.165, 1.54) is 6.20 Å². The highest BCUT2D eigenvalue weighted by Crippen LogP contribution is 2.19. The number of allylic oxidation sites excluding steroid dienone is 1. The van der Waals surface area contributed by atoms with Crippen LogP contribution in [0.15, 0.2) is 18.9 Å². The van der Waals surface area contributed by atoms with E-state index in [1.807, 2.05) is 0 Å². The fourth-order valence-electron chi connectivity index (χ4n) is 1.65. The molecule has 0 fully saturated rings. The summed E-state index contributed by atoms with van der Waals surface area (Å²) in [6.07, 6.45) is 2.19. The van der Waals surface area contributed by atoms with Crippen molar-refractivity contribution >= 4 is 23.8 Å². The number of amides is 2. The Morgan fingerprint density at radius 1 is 1.04 bits per heavy atom. The van der Waals surface area contributed by atoms with Crippen molar-refractivity contribution in [3.05, 3.63) is 24.5 Å². The third kappa shape index (κ3) is 8.14. The molecular formula is C17H26N4O4. The van der Waals surface area contributed by atoms with E-state index in [0.717, 1.165) is 0 Å². The van der Waals surface area contributed by atoms with Crippen LogP contribution in [-0.4, -0.2) is 33.4 Å². The SMILES string of the molecule is C=CCc1cnc(NC(=O)OC(C)(C)C)c(NC(=O)OC(C)(C)C)n1. The second-order valence-corrected chi connectivity index (χ2v) is 7.31. The van der Waals surface area contributed by atoms with Crippen molar-refractivity contribution < 1.29 is 19.1 Å². The molecule has 0 atom stereocenters. The first kappa shape index (κ1) is 20.4. The normalized spacial score (nSPS) is 11.4. The first-order chi connectivity index (χ1) is 11.4. The smallest absolute Gasteiger partial charge is 0.413 e. The Balaban J connectivity index is 3.01. The standard InChI is InChI=1S/C17H26N4O4/c1-8-9-11-10-18-12(20-14(22)24-16(2,3)4)13(19-11)21-15(23)25-17(5,6)7/h8,10H,1,9H2,2-7H3,(H,18,20,22)(H,19,21,23). The van der Waals surface area contributed by atoms with Crippen molar-refractivity contribution in [1.82, 2.24) is 9.97 Å². The van der Waals surface area contributed by atoms with Gasteiger partial charge in [-0.05, 0) is 41.5 Å². The molecular weight excluding hydrogens is 324 g/mol. The molecule has 25 heavy (non-hydrogen) atoms. The second kappa shape index (κ2) is 7.96. The van der Waals surface area contributed by atoms with Crippen LogP contribution < -0.4 is 10.6 Å². The highest BCUT2D eigenvalue weighted by molar-refractivity contribution is 5.92. The molecule has 0 aromatic carbocycles. The number of nitrogens with zero attached hydrogens (tertiary/aromatic N) is 2. The summed E-state index contributed by atoms with van der Waals surface area (Å²) in [5.41, 5.74) is -0.760. The predicted molar refractivity (Wildman–Crippen MR) is 95.6 cm³/mol. The molecule has 8 heteroatoms. The Labute approximate surface area is 148 Å². The number of anilines is 2. The van der Waals surface area contributed by atoms with Crippen LogP contribution in [-0.2, 0) is 15.9 Å². The number of rotatable bonds is 4. The van der Waals surface area contributed by atoms with Gasteiger partial charge in [0.2, 0.25) is 0 Å².